The molecule has 0 aliphatic carbocycles. The van der Waals surface area contributed by atoms with Crippen LogP contribution in [0.4, 0.5) is 4.79 Å². The van der Waals surface area contributed by atoms with Crippen LogP contribution in [0.5, 0.6) is 0 Å². The zero-order chi connectivity index (χ0) is 22.9. The van der Waals surface area contributed by atoms with E-state index in [-0.39, 0.29) is 5.97 Å². The molecule has 0 spiro atoms. The number of ether oxygens (including phenoxy) is 2. The number of hydrogen-bond donors (Lipinski definition) is 1. The molecular weight excluding hydrogens is 434 g/mol. The Hall–Kier alpha value is -2.18. The first-order valence-electron chi connectivity index (χ1n) is 10.3. The average molecular weight is 464 g/mol. The van der Waals surface area contributed by atoms with Gasteiger partial charge in [-0.15, -0.1) is 0 Å². The molecule has 1 unspecified atom stereocenters. The van der Waals surface area contributed by atoms with Crippen molar-refractivity contribution in [2.75, 3.05) is 7.11 Å². The van der Waals surface area contributed by atoms with E-state index >= 15 is 0 Å². The summed E-state index contributed by atoms with van der Waals surface area (Å²) in [5, 5.41) is 0.142. The number of carbonyl (C=O) groups is 2. The lowest BCUT2D eigenvalue weighted by atomic mass is 9.76. The Balaban J connectivity index is 2.20. The fourth-order valence-electron chi connectivity index (χ4n) is 3.30. The smallest absolute Gasteiger partial charge is 0.417 e. The van der Waals surface area contributed by atoms with Crippen molar-refractivity contribution in [2.24, 2.45) is 0 Å². The van der Waals surface area contributed by atoms with Crippen molar-refractivity contribution in [1.82, 2.24) is 4.72 Å². The summed E-state index contributed by atoms with van der Waals surface area (Å²) >= 11 is 7.24. The highest BCUT2D eigenvalue weighted by molar-refractivity contribution is 7.99. The van der Waals surface area contributed by atoms with Gasteiger partial charge in [0.25, 0.3) is 0 Å². The second-order valence-corrected chi connectivity index (χ2v) is 9.25. The molecular formula is C24H30ClNO4S. The Morgan fingerprint density at radius 3 is 2.45 bits per heavy atom. The van der Waals surface area contributed by atoms with E-state index < -0.39 is 22.9 Å². The number of benzene rings is 2. The monoisotopic (exact) mass is 463 g/mol. The van der Waals surface area contributed by atoms with Crippen molar-refractivity contribution < 1.29 is 19.1 Å². The number of carbonyl (C=O) groups excluding carboxylic acids is 2. The third-order valence-electron chi connectivity index (χ3n) is 5.12. The first-order valence-corrected chi connectivity index (χ1v) is 11.6. The summed E-state index contributed by atoms with van der Waals surface area (Å²) in [6, 6.07) is 17.1. The molecule has 168 valence electrons. The number of methoxy groups -OCH3 is 1. The lowest BCUT2D eigenvalue weighted by Crippen LogP contribution is -2.34. The van der Waals surface area contributed by atoms with Gasteiger partial charge in [-0.05, 0) is 41.6 Å². The molecule has 1 amide bonds. The Morgan fingerprint density at radius 1 is 1.13 bits per heavy atom. The summed E-state index contributed by atoms with van der Waals surface area (Å²) < 4.78 is 13.4. The van der Waals surface area contributed by atoms with Crippen molar-refractivity contribution in [3.05, 3.63) is 70.7 Å². The first-order chi connectivity index (χ1) is 14.8. The Labute approximate surface area is 194 Å². The molecule has 0 heterocycles. The lowest BCUT2D eigenvalue weighted by Gasteiger charge is -2.34. The third kappa shape index (κ3) is 7.18. The number of esters is 1. The van der Waals surface area contributed by atoms with Crippen molar-refractivity contribution in [2.45, 2.75) is 56.8 Å². The van der Waals surface area contributed by atoms with E-state index in [9.17, 15) is 9.59 Å². The normalized spacial score (nSPS) is 13.2. The van der Waals surface area contributed by atoms with E-state index in [1.54, 1.807) is 0 Å². The van der Waals surface area contributed by atoms with Gasteiger partial charge in [0.15, 0.2) is 0 Å². The summed E-state index contributed by atoms with van der Waals surface area (Å²) in [6.07, 6.45) is 1.24. The van der Waals surface area contributed by atoms with Gasteiger partial charge < -0.3 is 9.47 Å². The number of halogens is 1. The number of rotatable bonds is 10. The van der Waals surface area contributed by atoms with Crippen LogP contribution in [0.1, 0.15) is 57.3 Å². The van der Waals surface area contributed by atoms with Crippen LogP contribution in [0.15, 0.2) is 54.6 Å². The number of hydrogen-bond acceptors (Lipinski definition) is 5. The van der Waals surface area contributed by atoms with Crippen LogP contribution in [0, 0.1) is 0 Å². The predicted molar refractivity (Wildman–Crippen MR) is 126 cm³/mol. The SMILES string of the molecule is CCCC[C@H](SNC(=O)OC(c1ccccc1)C(C)(C)c1cccc(Cl)c1)C(=O)OC. The minimum absolute atomic E-state index is 0.363. The van der Waals surface area contributed by atoms with Crippen LogP contribution in [-0.4, -0.2) is 24.4 Å². The van der Waals surface area contributed by atoms with Gasteiger partial charge in [-0.3, -0.25) is 9.52 Å². The minimum Gasteiger partial charge on any atom is -0.468 e. The van der Waals surface area contributed by atoms with Gasteiger partial charge >= 0.3 is 12.1 Å². The maximum atomic E-state index is 12.7. The molecule has 2 rings (SSSR count). The second kappa shape index (κ2) is 12.0. The fraction of sp³-hybridized carbons (Fsp3) is 0.417. The molecule has 5 nitrogen and oxygen atoms in total. The molecule has 0 fully saturated rings. The maximum absolute atomic E-state index is 12.7. The van der Waals surface area contributed by atoms with Crippen molar-refractivity contribution >= 4 is 35.6 Å². The van der Waals surface area contributed by atoms with Crippen LogP contribution in [-0.2, 0) is 19.7 Å². The zero-order valence-corrected chi connectivity index (χ0v) is 20.0. The van der Waals surface area contributed by atoms with Gasteiger partial charge in [0, 0.05) is 10.4 Å². The topological polar surface area (TPSA) is 64.6 Å². The average Bonchev–Trinajstić information content (AvgIpc) is 2.77. The Kier molecular flexibility index (Phi) is 9.72. The predicted octanol–water partition coefficient (Wildman–Crippen LogP) is 6.47. The summed E-state index contributed by atoms with van der Waals surface area (Å²) in [6.45, 7) is 6.06. The van der Waals surface area contributed by atoms with Gasteiger partial charge in [0.1, 0.15) is 11.4 Å². The Morgan fingerprint density at radius 2 is 1.84 bits per heavy atom. The summed E-state index contributed by atoms with van der Waals surface area (Å²) in [5.41, 5.74) is 1.26. The van der Waals surface area contributed by atoms with Gasteiger partial charge in [0.2, 0.25) is 0 Å². The summed E-state index contributed by atoms with van der Waals surface area (Å²) in [7, 11) is 1.35. The third-order valence-corrected chi connectivity index (χ3v) is 6.35. The first kappa shape index (κ1) is 25.1. The second-order valence-electron chi connectivity index (χ2n) is 7.80. The highest BCUT2D eigenvalue weighted by atomic mass is 35.5. The molecule has 0 aliphatic rings. The van der Waals surface area contributed by atoms with Crippen LogP contribution in [0.3, 0.4) is 0 Å². The van der Waals surface area contributed by atoms with E-state index in [0.29, 0.717) is 11.4 Å². The van der Waals surface area contributed by atoms with Crippen LogP contribution < -0.4 is 4.72 Å². The molecule has 0 aliphatic heterocycles. The summed E-state index contributed by atoms with van der Waals surface area (Å²) in [4.78, 5) is 24.7. The molecule has 2 aromatic carbocycles. The molecule has 1 N–H and O–H groups in total. The zero-order valence-electron chi connectivity index (χ0n) is 18.4. The molecule has 31 heavy (non-hydrogen) atoms. The molecule has 2 aromatic rings. The molecule has 0 radical (unpaired) electrons. The quantitative estimate of drug-likeness (QED) is 0.323. The van der Waals surface area contributed by atoms with Gasteiger partial charge in [-0.2, -0.15) is 0 Å². The number of amides is 1. The van der Waals surface area contributed by atoms with E-state index in [1.165, 1.54) is 7.11 Å². The molecule has 0 bridgehead atoms. The van der Waals surface area contributed by atoms with Crippen molar-refractivity contribution in [1.29, 1.82) is 0 Å². The van der Waals surface area contributed by atoms with Crippen LogP contribution in [0.25, 0.3) is 0 Å². The Bertz CT molecular complexity index is 860. The van der Waals surface area contributed by atoms with Gasteiger partial charge in [-0.1, -0.05) is 87.7 Å². The maximum Gasteiger partial charge on any atom is 0.417 e. The highest BCUT2D eigenvalue weighted by Gasteiger charge is 2.36. The molecule has 2 atom stereocenters. The highest BCUT2D eigenvalue weighted by Crippen LogP contribution is 2.40. The number of nitrogens with one attached hydrogen (secondary N) is 1. The van der Waals surface area contributed by atoms with Crippen molar-refractivity contribution in [3.8, 4) is 0 Å². The van der Waals surface area contributed by atoms with E-state index in [1.807, 2.05) is 75.4 Å². The van der Waals surface area contributed by atoms with E-state index in [2.05, 4.69) is 4.72 Å². The minimum atomic E-state index is -0.612. The number of unbranched alkanes of at least 4 members (excludes halogenated alkanes) is 1. The van der Waals surface area contributed by atoms with E-state index in [0.717, 1.165) is 35.9 Å². The molecule has 7 heteroatoms. The molecule has 0 aromatic heterocycles. The van der Waals surface area contributed by atoms with E-state index in [4.69, 9.17) is 21.1 Å². The molecule has 0 saturated heterocycles. The standard InChI is InChI=1S/C24H30ClNO4S/c1-5-6-15-20(22(27)29-4)31-26-23(28)30-21(17-11-8-7-9-12-17)24(2,3)18-13-10-14-19(25)16-18/h7-14,16,20-21H,5-6,15H2,1-4H3,(H,26,28)/t20-,21?/m0/s1. The van der Waals surface area contributed by atoms with Crippen LogP contribution >= 0.6 is 23.5 Å². The summed E-state index contributed by atoms with van der Waals surface area (Å²) in [5.74, 6) is -0.363. The van der Waals surface area contributed by atoms with Gasteiger partial charge in [-0.25, -0.2) is 4.79 Å². The molecule has 0 saturated carbocycles. The fourth-order valence-corrected chi connectivity index (χ4v) is 4.25. The van der Waals surface area contributed by atoms with Crippen molar-refractivity contribution in [3.63, 3.8) is 0 Å². The largest absolute Gasteiger partial charge is 0.468 e. The van der Waals surface area contributed by atoms with Crippen LogP contribution in [0.2, 0.25) is 5.02 Å². The lowest BCUT2D eigenvalue weighted by molar-refractivity contribution is -0.140. The van der Waals surface area contributed by atoms with Gasteiger partial charge in [0.05, 0.1) is 7.11 Å².